The Morgan fingerprint density at radius 1 is 1.33 bits per heavy atom. The average Bonchev–Trinajstić information content (AvgIpc) is 2.44. The number of hydrogen-bond donors (Lipinski definition) is 2. The van der Waals surface area contributed by atoms with Crippen molar-refractivity contribution in [2.75, 3.05) is 52.4 Å². The topological polar surface area (TPSA) is 70.8 Å². The van der Waals surface area contributed by atoms with Crippen molar-refractivity contribution in [1.29, 1.82) is 0 Å². The van der Waals surface area contributed by atoms with Crippen LogP contribution in [0.15, 0.2) is 18.2 Å². The molecule has 3 N–H and O–H groups in total. The lowest BCUT2D eigenvalue weighted by Crippen LogP contribution is -2.42. The highest BCUT2D eigenvalue weighted by Gasteiger charge is 2.19. The number of nitrogens with zero attached hydrogens (tertiary/aromatic N) is 2. The van der Waals surface area contributed by atoms with Crippen LogP contribution in [0.1, 0.15) is 6.92 Å². The van der Waals surface area contributed by atoms with Crippen molar-refractivity contribution in [3.63, 3.8) is 0 Å². The highest BCUT2D eigenvalue weighted by atomic mass is 16.5. The number of benzene rings is 1. The lowest BCUT2D eigenvalue weighted by atomic mass is 10.2. The van der Waals surface area contributed by atoms with Crippen LogP contribution in [0.25, 0.3) is 0 Å². The lowest BCUT2D eigenvalue weighted by Gasteiger charge is -2.25. The maximum atomic E-state index is 12.3. The lowest BCUT2D eigenvalue weighted by molar-refractivity contribution is -0.120. The summed E-state index contributed by atoms with van der Waals surface area (Å²) in [6.45, 7) is 3.59. The molecule has 1 unspecified atom stereocenters. The first-order valence-corrected chi connectivity index (χ1v) is 6.94. The van der Waals surface area contributed by atoms with Crippen molar-refractivity contribution in [2.24, 2.45) is 0 Å². The summed E-state index contributed by atoms with van der Waals surface area (Å²) < 4.78 is 5.23. The molecule has 1 rings (SSSR count). The van der Waals surface area contributed by atoms with Crippen molar-refractivity contribution in [1.82, 2.24) is 9.80 Å². The first kappa shape index (κ1) is 17.3. The van der Waals surface area contributed by atoms with Gasteiger partial charge in [0, 0.05) is 18.8 Å². The molecule has 118 valence electrons. The predicted molar refractivity (Wildman–Crippen MR) is 86.7 cm³/mol. The molecule has 0 fully saturated rings. The Morgan fingerprint density at radius 3 is 2.57 bits per heavy atom. The molecule has 1 aromatic rings. The van der Waals surface area contributed by atoms with Crippen molar-refractivity contribution in [3.05, 3.63) is 18.2 Å². The van der Waals surface area contributed by atoms with Crippen molar-refractivity contribution in [3.8, 4) is 5.75 Å². The van der Waals surface area contributed by atoms with E-state index in [-0.39, 0.29) is 11.9 Å². The molecule has 1 atom stereocenters. The fourth-order valence-corrected chi connectivity index (χ4v) is 1.81. The fourth-order valence-electron chi connectivity index (χ4n) is 1.81. The number of nitrogen functional groups attached to an aromatic ring is 1. The normalized spacial score (nSPS) is 12.5. The number of nitrogens with one attached hydrogen (secondary N) is 1. The molecule has 6 nitrogen and oxygen atoms in total. The minimum atomic E-state index is -0.240. The van der Waals surface area contributed by atoms with Crippen LogP contribution in [0.4, 0.5) is 11.4 Å². The quantitative estimate of drug-likeness (QED) is 0.737. The Labute approximate surface area is 126 Å². The number of carbonyl (C=O) groups is 1. The monoisotopic (exact) mass is 294 g/mol. The van der Waals surface area contributed by atoms with Gasteiger partial charge in [-0.1, -0.05) is 0 Å². The number of amides is 1. The Bertz CT molecular complexity index is 477. The van der Waals surface area contributed by atoms with Crippen molar-refractivity contribution < 1.29 is 9.53 Å². The van der Waals surface area contributed by atoms with Gasteiger partial charge in [0.05, 0.1) is 18.8 Å². The Hall–Kier alpha value is -1.79. The molecule has 0 saturated heterocycles. The van der Waals surface area contributed by atoms with Crippen LogP contribution in [-0.2, 0) is 4.79 Å². The third kappa shape index (κ3) is 5.24. The van der Waals surface area contributed by atoms with Gasteiger partial charge in [0.15, 0.2) is 0 Å². The minimum Gasteiger partial charge on any atom is -0.495 e. The van der Waals surface area contributed by atoms with Gasteiger partial charge in [-0.25, -0.2) is 0 Å². The molecule has 1 amide bonds. The number of ether oxygens (including phenoxy) is 1. The van der Waals surface area contributed by atoms with E-state index >= 15 is 0 Å². The zero-order chi connectivity index (χ0) is 16.0. The van der Waals surface area contributed by atoms with Crippen LogP contribution in [0.5, 0.6) is 5.75 Å². The first-order chi connectivity index (χ1) is 9.85. The zero-order valence-corrected chi connectivity index (χ0v) is 13.5. The Kier molecular flexibility index (Phi) is 6.45. The molecule has 0 saturated carbocycles. The maximum Gasteiger partial charge on any atom is 0.241 e. The number of nitrogens with two attached hydrogens (primary N) is 1. The van der Waals surface area contributed by atoms with Crippen molar-refractivity contribution in [2.45, 2.75) is 13.0 Å². The van der Waals surface area contributed by atoms with E-state index in [2.05, 4.69) is 10.2 Å². The van der Waals surface area contributed by atoms with Gasteiger partial charge in [-0.15, -0.1) is 0 Å². The van der Waals surface area contributed by atoms with Crippen LogP contribution in [-0.4, -0.2) is 63.1 Å². The standard InChI is InChI=1S/C15H26N4O2/c1-11(19(4)9-8-18(2)3)15(20)17-13-10-12(16)6-7-14(13)21-5/h6-7,10-11H,8-9,16H2,1-5H3,(H,17,20). The van der Waals surface area contributed by atoms with E-state index in [1.807, 2.05) is 33.0 Å². The summed E-state index contributed by atoms with van der Waals surface area (Å²) in [6, 6.07) is 4.94. The summed E-state index contributed by atoms with van der Waals surface area (Å²) in [5, 5.41) is 2.87. The summed E-state index contributed by atoms with van der Waals surface area (Å²) >= 11 is 0. The number of methoxy groups -OCH3 is 1. The van der Waals surface area contributed by atoms with Crippen molar-refractivity contribution >= 4 is 17.3 Å². The number of anilines is 2. The van der Waals surface area contributed by atoms with E-state index in [1.165, 1.54) is 0 Å². The first-order valence-electron chi connectivity index (χ1n) is 6.94. The molecular formula is C15H26N4O2. The van der Waals surface area contributed by atoms with Crippen LogP contribution in [0.2, 0.25) is 0 Å². The van der Waals surface area contributed by atoms with Crippen LogP contribution in [0, 0.1) is 0 Å². The molecule has 0 radical (unpaired) electrons. The second-order valence-corrected chi connectivity index (χ2v) is 5.41. The van der Waals surface area contributed by atoms with E-state index in [9.17, 15) is 4.79 Å². The van der Waals surface area contributed by atoms with E-state index in [0.29, 0.717) is 17.1 Å². The van der Waals surface area contributed by atoms with Crippen LogP contribution < -0.4 is 15.8 Å². The highest BCUT2D eigenvalue weighted by Crippen LogP contribution is 2.26. The highest BCUT2D eigenvalue weighted by molar-refractivity contribution is 5.96. The molecule has 6 heteroatoms. The molecule has 0 bridgehead atoms. The number of rotatable bonds is 7. The number of hydrogen-bond acceptors (Lipinski definition) is 5. The molecule has 0 spiro atoms. The molecule has 0 aliphatic rings. The summed E-state index contributed by atoms with van der Waals surface area (Å²) in [7, 11) is 7.52. The van der Waals surface area contributed by atoms with Gasteiger partial charge in [0.1, 0.15) is 5.75 Å². The SMILES string of the molecule is COc1ccc(N)cc1NC(=O)C(C)N(C)CCN(C)C. The summed E-state index contributed by atoms with van der Waals surface area (Å²) in [4.78, 5) is 16.4. The Morgan fingerprint density at radius 2 is 2.00 bits per heavy atom. The summed E-state index contributed by atoms with van der Waals surface area (Å²) in [5.74, 6) is 0.515. The van der Waals surface area contributed by atoms with Gasteiger partial charge in [0.25, 0.3) is 0 Å². The molecule has 21 heavy (non-hydrogen) atoms. The second-order valence-electron chi connectivity index (χ2n) is 5.41. The van der Waals surface area contributed by atoms with Gasteiger partial charge < -0.3 is 20.7 Å². The molecule has 0 aliphatic carbocycles. The third-order valence-electron chi connectivity index (χ3n) is 3.42. The second kappa shape index (κ2) is 7.85. The van der Waals surface area contributed by atoms with Gasteiger partial charge in [0.2, 0.25) is 5.91 Å². The largest absolute Gasteiger partial charge is 0.495 e. The van der Waals surface area contributed by atoms with Gasteiger partial charge in [-0.2, -0.15) is 0 Å². The number of likely N-dealkylation sites (N-methyl/N-ethyl adjacent to an activating group) is 2. The smallest absolute Gasteiger partial charge is 0.241 e. The van der Waals surface area contributed by atoms with E-state index in [0.717, 1.165) is 13.1 Å². The predicted octanol–water partition coefficient (Wildman–Crippen LogP) is 1.10. The van der Waals surface area contributed by atoms with E-state index < -0.39 is 0 Å². The van der Waals surface area contributed by atoms with Gasteiger partial charge in [-0.3, -0.25) is 9.69 Å². The molecule has 0 aliphatic heterocycles. The zero-order valence-electron chi connectivity index (χ0n) is 13.5. The maximum absolute atomic E-state index is 12.3. The molecule has 1 aromatic carbocycles. The average molecular weight is 294 g/mol. The van der Waals surface area contributed by atoms with E-state index in [4.69, 9.17) is 10.5 Å². The Balaban J connectivity index is 2.69. The molecular weight excluding hydrogens is 268 g/mol. The van der Waals surface area contributed by atoms with E-state index in [1.54, 1.807) is 25.3 Å². The van der Waals surface area contributed by atoms with Crippen LogP contribution >= 0.6 is 0 Å². The molecule has 0 heterocycles. The minimum absolute atomic E-state index is 0.0832. The van der Waals surface area contributed by atoms with Gasteiger partial charge >= 0.3 is 0 Å². The summed E-state index contributed by atoms with van der Waals surface area (Å²) in [5.41, 5.74) is 6.93. The molecule has 0 aromatic heterocycles. The third-order valence-corrected chi connectivity index (χ3v) is 3.42. The fraction of sp³-hybridized carbons (Fsp3) is 0.533. The number of carbonyl (C=O) groups excluding carboxylic acids is 1. The van der Waals surface area contributed by atoms with Crippen LogP contribution in [0.3, 0.4) is 0 Å². The van der Waals surface area contributed by atoms with Gasteiger partial charge in [-0.05, 0) is 46.3 Å². The summed E-state index contributed by atoms with van der Waals surface area (Å²) in [6.07, 6.45) is 0.